The van der Waals surface area contributed by atoms with Crippen LogP contribution in [0.5, 0.6) is 0 Å². The first-order valence-corrected chi connectivity index (χ1v) is 19.1. The van der Waals surface area contributed by atoms with Crippen molar-refractivity contribution < 1.29 is 0 Å². The van der Waals surface area contributed by atoms with Gasteiger partial charge in [0.25, 0.3) is 0 Å². The Balaban J connectivity index is 1.10. The van der Waals surface area contributed by atoms with Crippen LogP contribution in [0.15, 0.2) is 194 Å². The SMILES string of the molecule is c1ccc(-c2nnc(-c3ccccc3)c(-c3cccc(-c4ccc5c(c4)C4(c6ccccc6-5)c5ccccc5-n5c6ccccc6c6cccc4c65)c3)n2)cc1. The molecular weight excluding hydrogens is 681 g/mol. The Morgan fingerprint density at radius 3 is 1.88 bits per heavy atom. The second-order valence-electron chi connectivity index (χ2n) is 14.8. The van der Waals surface area contributed by atoms with E-state index >= 15 is 0 Å². The zero-order valence-electron chi connectivity index (χ0n) is 30.3. The summed E-state index contributed by atoms with van der Waals surface area (Å²) in [7, 11) is 0. The first-order valence-electron chi connectivity index (χ1n) is 19.1. The Hall–Kier alpha value is -7.43. The molecule has 1 spiro atoms. The van der Waals surface area contributed by atoms with E-state index in [4.69, 9.17) is 10.1 Å². The van der Waals surface area contributed by atoms with Gasteiger partial charge in [0, 0.05) is 27.5 Å². The third kappa shape index (κ3) is 4.21. The van der Waals surface area contributed by atoms with Gasteiger partial charge < -0.3 is 4.57 Å². The Morgan fingerprint density at radius 1 is 0.375 bits per heavy atom. The quantitative estimate of drug-likeness (QED) is 0.182. The van der Waals surface area contributed by atoms with Crippen LogP contribution >= 0.6 is 0 Å². The van der Waals surface area contributed by atoms with Gasteiger partial charge in [-0.05, 0) is 68.8 Å². The number of hydrogen-bond donors (Lipinski definition) is 0. The molecule has 10 aromatic rings. The van der Waals surface area contributed by atoms with Crippen LogP contribution in [0.4, 0.5) is 0 Å². The zero-order chi connectivity index (χ0) is 36.8. The second-order valence-corrected chi connectivity index (χ2v) is 14.8. The summed E-state index contributed by atoms with van der Waals surface area (Å²) in [6, 6.07) is 69.9. The largest absolute Gasteiger partial charge is 0.309 e. The molecule has 0 bridgehead atoms. The van der Waals surface area contributed by atoms with Crippen molar-refractivity contribution >= 4 is 21.8 Å². The van der Waals surface area contributed by atoms with Gasteiger partial charge in [-0.15, -0.1) is 10.2 Å². The Bertz CT molecular complexity index is 3200. The number of rotatable bonds is 4. The smallest absolute Gasteiger partial charge is 0.182 e. The average molecular weight is 713 g/mol. The minimum absolute atomic E-state index is 0.512. The van der Waals surface area contributed by atoms with Crippen molar-refractivity contribution in [1.29, 1.82) is 0 Å². The lowest BCUT2D eigenvalue weighted by Crippen LogP contribution is -2.33. The highest BCUT2D eigenvalue weighted by atomic mass is 15.2. The number of benzene rings is 8. The minimum atomic E-state index is -0.512. The van der Waals surface area contributed by atoms with Crippen LogP contribution in [0.2, 0.25) is 0 Å². The number of aromatic nitrogens is 4. The summed E-state index contributed by atoms with van der Waals surface area (Å²) in [6.45, 7) is 0. The highest BCUT2D eigenvalue weighted by Gasteiger charge is 2.50. The Labute approximate surface area is 324 Å². The first kappa shape index (κ1) is 31.0. The number of para-hydroxylation sites is 3. The predicted octanol–water partition coefficient (Wildman–Crippen LogP) is 12.3. The summed E-state index contributed by atoms with van der Waals surface area (Å²) in [4.78, 5) is 5.19. The van der Waals surface area contributed by atoms with Gasteiger partial charge >= 0.3 is 0 Å². The minimum Gasteiger partial charge on any atom is -0.309 e. The van der Waals surface area contributed by atoms with Gasteiger partial charge in [-0.2, -0.15) is 0 Å². The number of hydrogen-bond acceptors (Lipinski definition) is 3. The summed E-state index contributed by atoms with van der Waals surface area (Å²) in [6.07, 6.45) is 0. The van der Waals surface area contributed by atoms with Crippen molar-refractivity contribution in [3.63, 3.8) is 0 Å². The molecule has 0 N–H and O–H groups in total. The fraction of sp³-hybridized carbons (Fsp3) is 0.0192. The van der Waals surface area contributed by atoms with Gasteiger partial charge in [-0.3, -0.25) is 0 Å². The maximum absolute atomic E-state index is 5.19. The molecule has 0 saturated carbocycles. The van der Waals surface area contributed by atoms with E-state index < -0.39 is 5.41 Å². The van der Waals surface area contributed by atoms with E-state index in [9.17, 15) is 0 Å². The lowest BCUT2D eigenvalue weighted by Gasteiger charge is -2.39. The van der Waals surface area contributed by atoms with Gasteiger partial charge in [-0.1, -0.05) is 170 Å². The highest BCUT2D eigenvalue weighted by Crippen LogP contribution is 2.61. The molecule has 56 heavy (non-hydrogen) atoms. The van der Waals surface area contributed by atoms with Crippen molar-refractivity contribution in [2.45, 2.75) is 5.41 Å². The van der Waals surface area contributed by atoms with Crippen molar-refractivity contribution in [2.24, 2.45) is 0 Å². The van der Waals surface area contributed by atoms with E-state index in [0.29, 0.717) is 5.82 Å². The van der Waals surface area contributed by atoms with Gasteiger partial charge in [0.05, 0.1) is 22.1 Å². The standard InChI is InChI=1S/C52H32N4/c1-3-15-33(16-4-1)49-48(53-51(55-54-49)34-17-5-2-6-18-34)37-20-13-19-35(31-37)36-29-30-39-38-21-7-9-24-42(38)52(45(39)32-36)43-25-10-12-28-47(43)56-46-27-11-8-22-40(46)41-23-14-26-44(52)50(41)56/h1-32H. The van der Waals surface area contributed by atoms with Crippen LogP contribution in [-0.4, -0.2) is 19.7 Å². The molecule has 0 fully saturated rings. The molecule has 0 saturated heterocycles. The van der Waals surface area contributed by atoms with E-state index in [1.807, 2.05) is 48.5 Å². The average Bonchev–Trinajstić information content (AvgIpc) is 3.77. The van der Waals surface area contributed by atoms with Gasteiger partial charge in [-0.25, -0.2) is 4.98 Å². The van der Waals surface area contributed by atoms with Crippen LogP contribution in [0.25, 0.3) is 83.6 Å². The molecular formula is C52H32N4. The predicted molar refractivity (Wildman–Crippen MR) is 227 cm³/mol. The van der Waals surface area contributed by atoms with E-state index in [1.54, 1.807) is 0 Å². The molecule has 2 aliphatic rings. The lowest BCUT2D eigenvalue weighted by molar-refractivity contribution is 0.749. The summed E-state index contributed by atoms with van der Waals surface area (Å²) < 4.78 is 2.50. The third-order valence-corrected chi connectivity index (χ3v) is 11.9. The molecule has 12 rings (SSSR count). The van der Waals surface area contributed by atoms with Gasteiger partial charge in [0.1, 0.15) is 11.4 Å². The van der Waals surface area contributed by atoms with Crippen LogP contribution in [0.3, 0.4) is 0 Å². The summed E-state index contributed by atoms with van der Waals surface area (Å²) in [5.41, 5.74) is 17.8. The maximum Gasteiger partial charge on any atom is 0.182 e. The molecule has 0 radical (unpaired) electrons. The molecule has 4 heteroatoms. The molecule has 4 nitrogen and oxygen atoms in total. The molecule has 1 aliphatic heterocycles. The van der Waals surface area contributed by atoms with E-state index in [1.165, 1.54) is 60.9 Å². The number of fused-ring (bicyclic) bond motifs is 12. The van der Waals surface area contributed by atoms with E-state index in [-0.39, 0.29) is 0 Å². The Kier molecular flexibility index (Phi) is 6.52. The van der Waals surface area contributed by atoms with Crippen LogP contribution < -0.4 is 0 Å². The molecule has 1 aliphatic carbocycles. The van der Waals surface area contributed by atoms with Crippen LogP contribution in [-0.2, 0) is 5.41 Å². The molecule has 1 atom stereocenters. The second kappa shape index (κ2) is 11.8. The monoisotopic (exact) mass is 712 g/mol. The fourth-order valence-corrected chi connectivity index (χ4v) is 9.61. The van der Waals surface area contributed by atoms with E-state index in [0.717, 1.165) is 39.2 Å². The molecule has 1 unspecified atom stereocenters. The van der Waals surface area contributed by atoms with Gasteiger partial charge in [0.2, 0.25) is 0 Å². The third-order valence-electron chi connectivity index (χ3n) is 11.9. The van der Waals surface area contributed by atoms with Gasteiger partial charge in [0.15, 0.2) is 5.82 Å². The topological polar surface area (TPSA) is 43.6 Å². The fourth-order valence-electron chi connectivity index (χ4n) is 9.61. The highest BCUT2D eigenvalue weighted by molar-refractivity contribution is 6.13. The van der Waals surface area contributed by atoms with Crippen LogP contribution in [0, 0.1) is 0 Å². The van der Waals surface area contributed by atoms with E-state index in [2.05, 4.69) is 155 Å². The summed E-state index contributed by atoms with van der Waals surface area (Å²) in [5.74, 6) is 0.602. The van der Waals surface area contributed by atoms with Crippen molar-refractivity contribution in [2.75, 3.05) is 0 Å². The maximum atomic E-state index is 5.19. The van der Waals surface area contributed by atoms with Crippen molar-refractivity contribution in [3.8, 4) is 61.8 Å². The van der Waals surface area contributed by atoms with Crippen molar-refractivity contribution in [1.82, 2.24) is 19.7 Å². The molecule has 8 aromatic carbocycles. The zero-order valence-corrected chi connectivity index (χ0v) is 30.3. The van der Waals surface area contributed by atoms with Crippen LogP contribution in [0.1, 0.15) is 22.3 Å². The lowest BCUT2D eigenvalue weighted by atomic mass is 9.65. The first-order chi connectivity index (χ1) is 27.8. The van der Waals surface area contributed by atoms with Crippen molar-refractivity contribution in [3.05, 3.63) is 216 Å². The Morgan fingerprint density at radius 2 is 1.00 bits per heavy atom. The molecule has 0 amide bonds. The normalized spacial score (nSPS) is 14.9. The summed E-state index contributed by atoms with van der Waals surface area (Å²) >= 11 is 0. The summed E-state index contributed by atoms with van der Waals surface area (Å²) in [5, 5.41) is 11.9. The molecule has 2 aromatic heterocycles. The number of nitrogens with zero attached hydrogens (tertiary/aromatic N) is 4. The molecule has 260 valence electrons. The molecule has 3 heterocycles.